The van der Waals surface area contributed by atoms with Gasteiger partial charge in [-0.15, -0.1) is 11.3 Å². The van der Waals surface area contributed by atoms with Crippen LogP contribution in [0.5, 0.6) is 0 Å². The van der Waals surface area contributed by atoms with Crippen molar-refractivity contribution in [3.63, 3.8) is 0 Å². The number of benzene rings is 1. The van der Waals surface area contributed by atoms with Crippen LogP contribution in [0, 0.1) is 5.82 Å². The third-order valence-corrected chi connectivity index (χ3v) is 5.13. The molecule has 1 aliphatic rings. The monoisotopic (exact) mass is 349 g/mol. The minimum Gasteiger partial charge on any atom is -0.480 e. The molecule has 0 saturated heterocycles. The van der Waals surface area contributed by atoms with Crippen LogP contribution in [0.2, 0.25) is 0 Å². The molecule has 2 aromatic rings. The molecule has 1 saturated carbocycles. The summed E-state index contributed by atoms with van der Waals surface area (Å²) >= 11 is 1.46. The van der Waals surface area contributed by atoms with Crippen LogP contribution in [0.4, 0.5) is 9.52 Å². The van der Waals surface area contributed by atoms with Crippen LogP contribution in [0.25, 0.3) is 11.3 Å². The number of aromatic nitrogens is 1. The molecular formula is C17H20FN3O2S. The lowest BCUT2D eigenvalue weighted by atomic mass is 9.85. The summed E-state index contributed by atoms with van der Waals surface area (Å²) in [5.74, 6) is -1.06. The number of rotatable bonds is 7. The van der Waals surface area contributed by atoms with Gasteiger partial charge in [0.1, 0.15) is 5.82 Å². The second-order valence-electron chi connectivity index (χ2n) is 5.94. The smallest absolute Gasteiger partial charge is 0.317 e. The standard InChI is InChI=1S/C17H20FN3O2S/c1-2-21(9-16(22)23)12-7-11(8-12)19-17-20-15(10-24-17)13-5-3-4-6-14(13)18/h3-6,10-12H,2,7-9H2,1H3,(H,19,20)(H,22,23). The Labute approximate surface area is 144 Å². The van der Waals surface area contributed by atoms with E-state index in [2.05, 4.69) is 10.3 Å². The molecule has 128 valence electrons. The molecule has 24 heavy (non-hydrogen) atoms. The largest absolute Gasteiger partial charge is 0.480 e. The highest BCUT2D eigenvalue weighted by Gasteiger charge is 2.34. The maximum atomic E-state index is 13.8. The van der Waals surface area contributed by atoms with Crippen molar-refractivity contribution in [1.29, 1.82) is 0 Å². The Morgan fingerprint density at radius 1 is 1.46 bits per heavy atom. The number of carboxylic acid groups (broad SMARTS) is 1. The van der Waals surface area contributed by atoms with Gasteiger partial charge in [-0.25, -0.2) is 9.37 Å². The van der Waals surface area contributed by atoms with Gasteiger partial charge in [-0.1, -0.05) is 19.1 Å². The van der Waals surface area contributed by atoms with Crippen molar-refractivity contribution in [3.8, 4) is 11.3 Å². The number of halogens is 1. The van der Waals surface area contributed by atoms with E-state index >= 15 is 0 Å². The number of nitrogens with one attached hydrogen (secondary N) is 1. The van der Waals surface area contributed by atoms with Gasteiger partial charge >= 0.3 is 5.97 Å². The minimum absolute atomic E-state index is 0.0859. The second kappa shape index (κ2) is 7.27. The summed E-state index contributed by atoms with van der Waals surface area (Å²) in [6, 6.07) is 7.20. The highest BCUT2D eigenvalue weighted by Crippen LogP contribution is 2.32. The van der Waals surface area contributed by atoms with Crippen LogP contribution in [0.3, 0.4) is 0 Å². The number of hydrogen-bond acceptors (Lipinski definition) is 5. The van der Waals surface area contributed by atoms with Gasteiger partial charge < -0.3 is 10.4 Å². The summed E-state index contributed by atoms with van der Waals surface area (Å²) in [5.41, 5.74) is 1.14. The van der Waals surface area contributed by atoms with E-state index in [1.54, 1.807) is 18.2 Å². The predicted octanol–water partition coefficient (Wildman–Crippen LogP) is 3.30. The lowest BCUT2D eigenvalue weighted by molar-refractivity contribution is -0.139. The Hall–Kier alpha value is -1.99. The lowest BCUT2D eigenvalue weighted by Crippen LogP contribution is -2.51. The summed E-state index contributed by atoms with van der Waals surface area (Å²) in [4.78, 5) is 17.3. The second-order valence-corrected chi connectivity index (χ2v) is 6.80. The fourth-order valence-corrected chi connectivity index (χ4v) is 3.77. The van der Waals surface area contributed by atoms with Crippen molar-refractivity contribution < 1.29 is 14.3 Å². The summed E-state index contributed by atoms with van der Waals surface area (Å²) in [5, 5.41) is 14.9. The van der Waals surface area contributed by atoms with Crippen molar-refractivity contribution in [2.24, 2.45) is 0 Å². The highest BCUT2D eigenvalue weighted by atomic mass is 32.1. The summed E-state index contributed by atoms with van der Waals surface area (Å²) < 4.78 is 13.8. The lowest BCUT2D eigenvalue weighted by Gasteiger charge is -2.42. The van der Waals surface area contributed by atoms with Gasteiger partial charge in [-0.05, 0) is 31.5 Å². The zero-order chi connectivity index (χ0) is 17.1. The van der Waals surface area contributed by atoms with Crippen molar-refractivity contribution in [2.45, 2.75) is 31.8 Å². The summed E-state index contributed by atoms with van der Waals surface area (Å²) in [6.07, 6.45) is 1.80. The number of anilines is 1. The Bertz CT molecular complexity index is 715. The van der Waals surface area contributed by atoms with Gasteiger partial charge in [0.15, 0.2) is 5.13 Å². The van der Waals surface area contributed by atoms with Crippen LogP contribution in [0.1, 0.15) is 19.8 Å². The van der Waals surface area contributed by atoms with Crippen LogP contribution in [0.15, 0.2) is 29.6 Å². The molecule has 1 aromatic carbocycles. The molecule has 0 bridgehead atoms. The van der Waals surface area contributed by atoms with Gasteiger partial charge in [0.25, 0.3) is 0 Å². The average Bonchev–Trinajstić information content (AvgIpc) is 2.97. The molecule has 0 unspecified atom stereocenters. The molecule has 1 fully saturated rings. The first-order chi connectivity index (χ1) is 11.6. The number of thiazole rings is 1. The molecule has 0 amide bonds. The van der Waals surface area contributed by atoms with E-state index in [0.717, 1.165) is 24.5 Å². The fourth-order valence-electron chi connectivity index (χ4n) is 2.98. The van der Waals surface area contributed by atoms with E-state index in [0.29, 0.717) is 17.3 Å². The molecule has 7 heteroatoms. The third kappa shape index (κ3) is 3.73. The van der Waals surface area contributed by atoms with E-state index in [4.69, 9.17) is 5.11 Å². The van der Waals surface area contributed by atoms with E-state index < -0.39 is 5.97 Å². The summed E-state index contributed by atoms with van der Waals surface area (Å²) in [7, 11) is 0. The molecule has 5 nitrogen and oxygen atoms in total. The number of hydrogen-bond donors (Lipinski definition) is 2. The number of likely N-dealkylation sites (N-methyl/N-ethyl adjacent to an activating group) is 1. The summed E-state index contributed by atoms with van der Waals surface area (Å²) in [6.45, 7) is 2.80. The van der Waals surface area contributed by atoms with Crippen LogP contribution in [-0.4, -0.2) is 46.1 Å². The van der Waals surface area contributed by atoms with Gasteiger partial charge in [0, 0.05) is 23.0 Å². The first-order valence-electron chi connectivity index (χ1n) is 7.99. The first-order valence-corrected chi connectivity index (χ1v) is 8.87. The Balaban J connectivity index is 1.56. The predicted molar refractivity (Wildman–Crippen MR) is 92.8 cm³/mol. The van der Waals surface area contributed by atoms with Crippen LogP contribution < -0.4 is 5.32 Å². The average molecular weight is 349 g/mol. The minimum atomic E-state index is -0.789. The van der Waals surface area contributed by atoms with Crippen molar-refractivity contribution in [1.82, 2.24) is 9.88 Å². The number of carboxylic acids is 1. The van der Waals surface area contributed by atoms with E-state index in [1.165, 1.54) is 17.4 Å². The van der Waals surface area contributed by atoms with Gasteiger partial charge in [0.05, 0.1) is 12.2 Å². The molecule has 0 radical (unpaired) electrons. The molecule has 0 spiro atoms. The van der Waals surface area contributed by atoms with Crippen molar-refractivity contribution >= 4 is 22.4 Å². The van der Waals surface area contributed by atoms with Crippen LogP contribution in [-0.2, 0) is 4.79 Å². The SMILES string of the molecule is CCN(CC(=O)O)C1CC(Nc2nc(-c3ccccc3F)cs2)C1. The molecule has 1 aliphatic carbocycles. The molecule has 1 aromatic heterocycles. The Morgan fingerprint density at radius 3 is 2.88 bits per heavy atom. The number of aliphatic carboxylic acids is 1. The van der Waals surface area contributed by atoms with Crippen LogP contribution >= 0.6 is 11.3 Å². The molecule has 0 aliphatic heterocycles. The molecular weight excluding hydrogens is 329 g/mol. The topological polar surface area (TPSA) is 65.5 Å². The number of carbonyl (C=O) groups is 1. The van der Waals surface area contributed by atoms with E-state index in [-0.39, 0.29) is 18.4 Å². The van der Waals surface area contributed by atoms with Crippen molar-refractivity contribution in [2.75, 3.05) is 18.4 Å². The Kier molecular flexibility index (Phi) is 5.11. The normalized spacial score (nSPS) is 20.0. The van der Waals surface area contributed by atoms with Crippen molar-refractivity contribution in [3.05, 3.63) is 35.5 Å². The zero-order valence-electron chi connectivity index (χ0n) is 13.4. The molecule has 3 rings (SSSR count). The van der Waals surface area contributed by atoms with E-state index in [9.17, 15) is 9.18 Å². The maximum absolute atomic E-state index is 13.8. The molecule has 0 atom stereocenters. The van der Waals surface area contributed by atoms with Gasteiger partial charge in [-0.2, -0.15) is 0 Å². The maximum Gasteiger partial charge on any atom is 0.317 e. The number of nitrogens with zero attached hydrogens (tertiary/aromatic N) is 2. The van der Waals surface area contributed by atoms with Gasteiger partial charge in [-0.3, -0.25) is 9.69 Å². The zero-order valence-corrected chi connectivity index (χ0v) is 14.2. The molecule has 2 N–H and O–H groups in total. The Morgan fingerprint density at radius 2 is 2.21 bits per heavy atom. The van der Waals surface area contributed by atoms with E-state index in [1.807, 2.05) is 17.2 Å². The quantitative estimate of drug-likeness (QED) is 0.803. The first kappa shape index (κ1) is 16.9. The highest BCUT2D eigenvalue weighted by molar-refractivity contribution is 7.14. The molecule has 1 heterocycles. The fraction of sp³-hybridized carbons (Fsp3) is 0.412. The third-order valence-electron chi connectivity index (χ3n) is 4.36. The van der Waals surface area contributed by atoms with Gasteiger partial charge in [0.2, 0.25) is 0 Å².